The van der Waals surface area contributed by atoms with Crippen LogP contribution in [0.5, 0.6) is 0 Å². The number of ether oxygens (including phenoxy) is 1. The van der Waals surface area contributed by atoms with E-state index in [0.29, 0.717) is 12.5 Å². The molecule has 98 valence electrons. The Morgan fingerprint density at radius 3 is 2.94 bits per heavy atom. The summed E-state index contributed by atoms with van der Waals surface area (Å²) in [5.41, 5.74) is 8.59. The van der Waals surface area contributed by atoms with Crippen molar-refractivity contribution in [1.82, 2.24) is 9.55 Å². The SMILES string of the molecule is Cc1ccc2c(c1)nc(N)n2CCOCC(F)F. The zero-order valence-corrected chi connectivity index (χ0v) is 10.1. The van der Waals surface area contributed by atoms with Crippen LogP contribution in [-0.2, 0) is 11.3 Å². The summed E-state index contributed by atoms with van der Waals surface area (Å²) < 4.78 is 30.4. The number of aromatic nitrogens is 2. The van der Waals surface area contributed by atoms with Crippen LogP contribution in [0.3, 0.4) is 0 Å². The molecule has 1 aromatic carbocycles. The van der Waals surface area contributed by atoms with E-state index in [0.717, 1.165) is 16.6 Å². The normalized spacial score (nSPS) is 11.6. The Balaban J connectivity index is 2.10. The second kappa shape index (κ2) is 5.30. The number of hydrogen-bond acceptors (Lipinski definition) is 3. The third kappa shape index (κ3) is 2.76. The molecule has 0 aliphatic heterocycles. The molecule has 1 aromatic heterocycles. The number of aryl methyl sites for hydroxylation is 1. The summed E-state index contributed by atoms with van der Waals surface area (Å²) in [5, 5.41) is 0. The smallest absolute Gasteiger partial charge is 0.261 e. The second-order valence-electron chi connectivity index (χ2n) is 4.08. The zero-order valence-electron chi connectivity index (χ0n) is 10.1. The van der Waals surface area contributed by atoms with Crippen molar-refractivity contribution in [2.45, 2.75) is 19.9 Å². The van der Waals surface area contributed by atoms with Gasteiger partial charge in [0.05, 0.1) is 17.6 Å². The molecule has 0 atom stereocenters. The summed E-state index contributed by atoms with van der Waals surface area (Å²) in [4.78, 5) is 4.22. The molecule has 2 aromatic rings. The lowest BCUT2D eigenvalue weighted by Crippen LogP contribution is -2.12. The highest BCUT2D eigenvalue weighted by atomic mass is 19.3. The molecule has 0 unspecified atom stereocenters. The van der Waals surface area contributed by atoms with Crippen LogP contribution in [0, 0.1) is 6.92 Å². The molecular formula is C12H15F2N3O. The number of nitrogen functional groups attached to an aromatic ring is 1. The van der Waals surface area contributed by atoms with E-state index >= 15 is 0 Å². The van der Waals surface area contributed by atoms with Crippen molar-refractivity contribution in [2.75, 3.05) is 18.9 Å². The van der Waals surface area contributed by atoms with Crippen molar-refractivity contribution >= 4 is 17.0 Å². The molecule has 0 radical (unpaired) electrons. The van der Waals surface area contributed by atoms with Gasteiger partial charge in [-0.1, -0.05) is 6.07 Å². The summed E-state index contributed by atoms with van der Waals surface area (Å²) in [6, 6.07) is 5.81. The van der Waals surface area contributed by atoms with Gasteiger partial charge in [0.15, 0.2) is 0 Å². The Hall–Kier alpha value is -1.69. The van der Waals surface area contributed by atoms with E-state index in [-0.39, 0.29) is 6.61 Å². The molecule has 0 fully saturated rings. The Morgan fingerprint density at radius 1 is 1.44 bits per heavy atom. The van der Waals surface area contributed by atoms with Crippen LogP contribution in [0.25, 0.3) is 11.0 Å². The van der Waals surface area contributed by atoms with E-state index in [9.17, 15) is 8.78 Å². The molecule has 0 aliphatic rings. The minimum Gasteiger partial charge on any atom is -0.374 e. The first-order valence-corrected chi connectivity index (χ1v) is 5.66. The summed E-state index contributed by atoms with van der Waals surface area (Å²) in [5.74, 6) is 0.372. The number of halogens is 2. The number of alkyl halides is 2. The minimum absolute atomic E-state index is 0.188. The molecule has 6 heteroatoms. The van der Waals surface area contributed by atoms with Crippen molar-refractivity contribution < 1.29 is 13.5 Å². The number of anilines is 1. The first-order chi connectivity index (χ1) is 8.58. The van der Waals surface area contributed by atoms with Crippen molar-refractivity contribution in [3.8, 4) is 0 Å². The minimum atomic E-state index is -2.44. The van der Waals surface area contributed by atoms with Crippen molar-refractivity contribution in [2.24, 2.45) is 0 Å². The lowest BCUT2D eigenvalue weighted by atomic mass is 10.2. The van der Waals surface area contributed by atoms with E-state index in [1.165, 1.54) is 0 Å². The van der Waals surface area contributed by atoms with Gasteiger partial charge in [-0.05, 0) is 24.6 Å². The number of nitrogens with two attached hydrogens (primary N) is 1. The molecule has 0 saturated carbocycles. The summed E-state index contributed by atoms with van der Waals surface area (Å²) in [6.45, 7) is 2.03. The maximum absolute atomic E-state index is 11.9. The molecule has 0 spiro atoms. The predicted octanol–water partition coefficient (Wildman–Crippen LogP) is 2.21. The van der Waals surface area contributed by atoms with E-state index < -0.39 is 13.0 Å². The Labute approximate surface area is 103 Å². The Morgan fingerprint density at radius 2 is 2.22 bits per heavy atom. The monoisotopic (exact) mass is 255 g/mol. The molecule has 2 N–H and O–H groups in total. The highest BCUT2D eigenvalue weighted by molar-refractivity contribution is 5.79. The fourth-order valence-electron chi connectivity index (χ4n) is 1.82. The standard InChI is InChI=1S/C12H15F2N3O/c1-8-2-3-10-9(6-8)16-12(15)17(10)4-5-18-7-11(13)14/h2-3,6,11H,4-5,7H2,1H3,(H2,15,16). The van der Waals surface area contributed by atoms with Crippen molar-refractivity contribution in [1.29, 1.82) is 0 Å². The van der Waals surface area contributed by atoms with Crippen LogP contribution in [0.15, 0.2) is 18.2 Å². The Kier molecular flexibility index (Phi) is 3.76. The number of nitrogens with zero attached hydrogens (tertiary/aromatic N) is 2. The van der Waals surface area contributed by atoms with E-state index in [4.69, 9.17) is 10.5 Å². The number of imidazole rings is 1. The number of rotatable bonds is 5. The van der Waals surface area contributed by atoms with Crippen LogP contribution in [0.1, 0.15) is 5.56 Å². The van der Waals surface area contributed by atoms with Crippen LogP contribution < -0.4 is 5.73 Å². The third-order valence-corrected chi connectivity index (χ3v) is 2.64. The van der Waals surface area contributed by atoms with Crippen LogP contribution in [-0.4, -0.2) is 29.2 Å². The molecule has 0 saturated heterocycles. The van der Waals surface area contributed by atoms with Gasteiger partial charge in [-0.25, -0.2) is 13.8 Å². The fourth-order valence-corrected chi connectivity index (χ4v) is 1.82. The first-order valence-electron chi connectivity index (χ1n) is 5.66. The third-order valence-electron chi connectivity index (χ3n) is 2.64. The fraction of sp³-hybridized carbons (Fsp3) is 0.417. The summed E-state index contributed by atoms with van der Waals surface area (Å²) in [6.07, 6.45) is -2.44. The van der Waals surface area contributed by atoms with E-state index in [2.05, 4.69) is 4.98 Å². The maximum atomic E-state index is 11.9. The molecule has 0 bridgehead atoms. The van der Waals surface area contributed by atoms with Crippen molar-refractivity contribution in [3.63, 3.8) is 0 Å². The van der Waals surface area contributed by atoms with Gasteiger partial charge in [0.25, 0.3) is 6.43 Å². The lowest BCUT2D eigenvalue weighted by Gasteiger charge is -2.07. The van der Waals surface area contributed by atoms with Gasteiger partial charge < -0.3 is 15.0 Å². The van der Waals surface area contributed by atoms with Gasteiger partial charge in [0.1, 0.15) is 6.61 Å². The Bertz CT molecular complexity index is 539. The molecule has 0 amide bonds. The maximum Gasteiger partial charge on any atom is 0.261 e. The average molecular weight is 255 g/mol. The number of benzene rings is 1. The summed E-state index contributed by atoms with van der Waals surface area (Å²) in [7, 11) is 0. The molecule has 18 heavy (non-hydrogen) atoms. The highest BCUT2D eigenvalue weighted by Crippen LogP contribution is 2.18. The van der Waals surface area contributed by atoms with Gasteiger partial charge in [-0.2, -0.15) is 0 Å². The van der Waals surface area contributed by atoms with E-state index in [1.807, 2.05) is 25.1 Å². The molecule has 2 rings (SSSR count). The zero-order chi connectivity index (χ0) is 13.1. The van der Waals surface area contributed by atoms with Crippen molar-refractivity contribution in [3.05, 3.63) is 23.8 Å². The van der Waals surface area contributed by atoms with Gasteiger partial charge >= 0.3 is 0 Å². The lowest BCUT2D eigenvalue weighted by molar-refractivity contribution is 0.0151. The highest BCUT2D eigenvalue weighted by Gasteiger charge is 2.08. The predicted molar refractivity (Wildman–Crippen MR) is 65.7 cm³/mol. The van der Waals surface area contributed by atoms with Crippen LogP contribution in [0.2, 0.25) is 0 Å². The first kappa shape index (κ1) is 12.8. The van der Waals surface area contributed by atoms with Crippen LogP contribution in [0.4, 0.5) is 14.7 Å². The van der Waals surface area contributed by atoms with E-state index in [1.54, 1.807) is 4.57 Å². The topological polar surface area (TPSA) is 53.1 Å². The largest absolute Gasteiger partial charge is 0.374 e. The van der Waals surface area contributed by atoms with Gasteiger partial charge in [0, 0.05) is 6.54 Å². The quantitative estimate of drug-likeness (QED) is 0.833. The molecular weight excluding hydrogens is 240 g/mol. The molecule has 1 heterocycles. The molecule has 4 nitrogen and oxygen atoms in total. The summed E-state index contributed by atoms with van der Waals surface area (Å²) >= 11 is 0. The molecule has 0 aliphatic carbocycles. The van der Waals surface area contributed by atoms with Gasteiger partial charge in [-0.15, -0.1) is 0 Å². The average Bonchev–Trinajstić information content (AvgIpc) is 2.59. The van der Waals surface area contributed by atoms with Gasteiger partial charge in [0.2, 0.25) is 5.95 Å². The number of hydrogen-bond donors (Lipinski definition) is 1. The van der Waals surface area contributed by atoms with Gasteiger partial charge in [-0.3, -0.25) is 0 Å². The van der Waals surface area contributed by atoms with Crippen LogP contribution >= 0.6 is 0 Å². The number of fused-ring (bicyclic) bond motifs is 1. The second-order valence-corrected chi connectivity index (χ2v) is 4.08.